The van der Waals surface area contributed by atoms with E-state index >= 15 is 4.39 Å². The van der Waals surface area contributed by atoms with Crippen LogP contribution in [0.25, 0.3) is 0 Å². The Morgan fingerprint density at radius 1 is 1.18 bits per heavy atom. The zero-order valence-electron chi connectivity index (χ0n) is 20.5. The summed E-state index contributed by atoms with van der Waals surface area (Å²) in [5, 5.41) is 8.55. The van der Waals surface area contributed by atoms with E-state index in [1.54, 1.807) is 27.7 Å². The second-order valence-corrected chi connectivity index (χ2v) is 10.3. The van der Waals surface area contributed by atoms with Gasteiger partial charge >= 0.3 is 12.6 Å². The average molecular weight is 572 g/mol. The first-order chi connectivity index (χ1) is 17.7. The summed E-state index contributed by atoms with van der Waals surface area (Å²) in [4.78, 5) is 33.8. The smallest absolute Gasteiger partial charge is 0.413 e. The Bertz CT molecular complexity index is 1450. The van der Waals surface area contributed by atoms with E-state index in [0.717, 1.165) is 18.3 Å². The van der Waals surface area contributed by atoms with Crippen LogP contribution in [-0.4, -0.2) is 42.8 Å². The zero-order valence-corrected chi connectivity index (χ0v) is 22.0. The van der Waals surface area contributed by atoms with Gasteiger partial charge in [-0.3, -0.25) is 15.1 Å². The van der Waals surface area contributed by atoms with Crippen molar-refractivity contribution in [1.29, 1.82) is 0 Å². The first kappa shape index (κ1) is 27.5. The molecule has 0 bridgehead atoms. The number of aromatic nitrogens is 4. The Balaban J connectivity index is 1.69. The van der Waals surface area contributed by atoms with Crippen molar-refractivity contribution in [1.82, 2.24) is 24.6 Å². The van der Waals surface area contributed by atoms with Crippen LogP contribution >= 0.6 is 23.2 Å². The number of ether oxygens (including phenoxy) is 1. The molecule has 2 amide bonds. The first-order valence-electron chi connectivity index (χ1n) is 11.1. The number of imidazole rings is 1. The van der Waals surface area contributed by atoms with Crippen molar-refractivity contribution in [2.24, 2.45) is 4.99 Å². The maximum atomic E-state index is 15.2. The van der Waals surface area contributed by atoms with Gasteiger partial charge in [0.1, 0.15) is 22.1 Å². The Morgan fingerprint density at radius 3 is 2.53 bits per heavy atom. The van der Waals surface area contributed by atoms with Crippen LogP contribution in [0.1, 0.15) is 56.1 Å². The Morgan fingerprint density at radius 2 is 1.89 bits per heavy atom. The molecule has 1 aromatic carbocycles. The number of nitrogens with zero attached hydrogens (tertiary/aromatic N) is 5. The molecule has 3 aromatic rings. The van der Waals surface area contributed by atoms with E-state index in [1.807, 2.05) is 0 Å². The van der Waals surface area contributed by atoms with Crippen molar-refractivity contribution < 1.29 is 27.5 Å². The van der Waals surface area contributed by atoms with Gasteiger partial charge in [-0.15, -0.1) is 0 Å². The highest BCUT2D eigenvalue weighted by Crippen LogP contribution is 2.38. The number of alkyl halides is 2. The Hall–Kier alpha value is -3.58. The number of halogens is 5. The monoisotopic (exact) mass is 571 g/mol. The molecule has 15 heteroatoms. The quantitative estimate of drug-likeness (QED) is 0.436. The summed E-state index contributed by atoms with van der Waals surface area (Å²) >= 11 is 12.5. The maximum Gasteiger partial charge on any atom is 0.413 e. The van der Waals surface area contributed by atoms with E-state index in [9.17, 15) is 18.4 Å². The first-order valence-corrected chi connectivity index (χ1v) is 11.9. The van der Waals surface area contributed by atoms with E-state index in [0.29, 0.717) is 4.68 Å². The second kappa shape index (κ2) is 9.95. The van der Waals surface area contributed by atoms with Crippen molar-refractivity contribution in [3.8, 4) is 0 Å². The van der Waals surface area contributed by atoms with Crippen LogP contribution in [-0.2, 0) is 16.8 Å². The van der Waals surface area contributed by atoms with E-state index in [2.05, 4.69) is 25.7 Å². The molecule has 0 spiro atoms. The number of benzene rings is 1. The highest BCUT2D eigenvalue weighted by Gasteiger charge is 2.38. The minimum Gasteiger partial charge on any atom is -0.444 e. The number of fused-ring (bicyclic) bond motifs is 1. The third-order valence-corrected chi connectivity index (χ3v) is 6.11. The van der Waals surface area contributed by atoms with Gasteiger partial charge in [0, 0.05) is 17.4 Å². The molecule has 4 rings (SSSR count). The molecule has 0 aliphatic carbocycles. The van der Waals surface area contributed by atoms with Gasteiger partial charge in [-0.25, -0.2) is 18.9 Å². The molecule has 2 aromatic heterocycles. The predicted octanol–water partition coefficient (Wildman–Crippen LogP) is 5.37. The van der Waals surface area contributed by atoms with Crippen molar-refractivity contribution in [3.05, 3.63) is 63.7 Å². The summed E-state index contributed by atoms with van der Waals surface area (Å²) < 4.78 is 47.9. The summed E-state index contributed by atoms with van der Waals surface area (Å²) in [5.41, 5.74) is -2.25. The highest BCUT2D eigenvalue weighted by atomic mass is 35.5. The molecular formula is C23H22Cl2F3N7O3. The largest absolute Gasteiger partial charge is 0.444 e. The Kier molecular flexibility index (Phi) is 7.19. The summed E-state index contributed by atoms with van der Waals surface area (Å²) in [6.45, 7) is 3.71. The van der Waals surface area contributed by atoms with Crippen LogP contribution in [0.5, 0.6) is 0 Å². The molecule has 0 fully saturated rings. The Labute approximate surface area is 224 Å². The van der Waals surface area contributed by atoms with Gasteiger partial charge in [-0.1, -0.05) is 23.2 Å². The second-order valence-electron chi connectivity index (χ2n) is 9.57. The van der Waals surface area contributed by atoms with Gasteiger partial charge < -0.3 is 14.6 Å². The molecule has 1 aliphatic heterocycles. The van der Waals surface area contributed by atoms with Gasteiger partial charge in [0.25, 0.3) is 5.91 Å². The minimum absolute atomic E-state index is 0.0203. The number of carbonyl (C=O) groups is 2. The van der Waals surface area contributed by atoms with Gasteiger partial charge in [-0.05, 0) is 52.0 Å². The van der Waals surface area contributed by atoms with Gasteiger partial charge in [0.15, 0.2) is 22.5 Å². The number of alkyl carbamates (subject to hydrolysis) is 1. The van der Waals surface area contributed by atoms with Crippen LogP contribution in [0, 0.1) is 5.82 Å². The summed E-state index contributed by atoms with van der Waals surface area (Å²) in [6, 6.07) is 4.87. The molecule has 38 heavy (non-hydrogen) atoms. The summed E-state index contributed by atoms with van der Waals surface area (Å²) in [7, 11) is 0. The fourth-order valence-electron chi connectivity index (χ4n) is 3.78. The lowest BCUT2D eigenvalue weighted by Crippen LogP contribution is -2.44. The summed E-state index contributed by atoms with van der Waals surface area (Å²) in [6.07, 6.45) is 0.136. The van der Waals surface area contributed by atoms with Crippen molar-refractivity contribution >= 4 is 46.7 Å². The van der Waals surface area contributed by atoms with Gasteiger partial charge in [-0.2, -0.15) is 13.9 Å². The lowest BCUT2D eigenvalue weighted by atomic mass is 9.90. The van der Waals surface area contributed by atoms with E-state index in [4.69, 9.17) is 27.9 Å². The standard InChI is InChI=1S/C23H22Cl2F3N7O3/c1-22(2,3)38-21(37)31-17-18-30-15(24)16(25)34(18)10-23(4,32-17)12-9-11(5-6-13(12)26)29-19(36)14-7-8-35(33-14)20(27)28/h5-9,20H,10H2,1-4H3,(H,29,36)(H,31,32,37)/t23-/m1/s1. The lowest BCUT2D eigenvalue weighted by Gasteiger charge is -2.33. The highest BCUT2D eigenvalue weighted by molar-refractivity contribution is 6.41. The summed E-state index contributed by atoms with van der Waals surface area (Å²) in [5.74, 6) is -1.37. The SMILES string of the molecule is CC(C)(C)OC(=O)NC1=N[C@@](C)(c2cc(NC(=O)c3ccn(C(F)F)n3)ccc2F)Cn2c1nc(Cl)c2Cl. The molecular weight excluding hydrogens is 550 g/mol. The number of rotatable bonds is 4. The van der Waals surface area contributed by atoms with Crippen LogP contribution in [0.3, 0.4) is 0 Å². The molecule has 2 N–H and O–H groups in total. The molecule has 0 unspecified atom stereocenters. The van der Waals surface area contributed by atoms with Crippen molar-refractivity contribution in [2.45, 2.75) is 51.9 Å². The molecule has 3 heterocycles. The molecule has 202 valence electrons. The third-order valence-electron chi connectivity index (χ3n) is 5.37. The van der Waals surface area contributed by atoms with Crippen molar-refractivity contribution in [3.63, 3.8) is 0 Å². The van der Waals surface area contributed by atoms with Crippen LogP contribution in [0.4, 0.5) is 23.7 Å². The van der Waals surface area contributed by atoms with E-state index in [1.165, 1.54) is 16.7 Å². The molecule has 0 radical (unpaired) electrons. The predicted molar refractivity (Wildman–Crippen MR) is 133 cm³/mol. The number of anilines is 1. The fraction of sp³-hybridized carbons (Fsp3) is 0.348. The third kappa shape index (κ3) is 5.63. The molecule has 1 atom stereocenters. The topological polar surface area (TPSA) is 115 Å². The number of hydrogen-bond acceptors (Lipinski definition) is 6. The number of amides is 2. The molecule has 0 saturated carbocycles. The normalized spacial score (nSPS) is 17.2. The number of hydrogen-bond donors (Lipinski definition) is 2. The van der Waals surface area contributed by atoms with Crippen LogP contribution < -0.4 is 10.6 Å². The molecule has 1 aliphatic rings. The van der Waals surface area contributed by atoms with Crippen LogP contribution in [0.2, 0.25) is 10.3 Å². The average Bonchev–Trinajstić information content (AvgIpc) is 3.40. The zero-order chi connectivity index (χ0) is 28.0. The van der Waals surface area contributed by atoms with E-state index < -0.39 is 35.5 Å². The minimum atomic E-state index is -2.91. The number of amidine groups is 1. The number of carbonyl (C=O) groups excluding carboxylic acids is 2. The number of aliphatic imine (C=N–C) groups is 1. The van der Waals surface area contributed by atoms with Crippen LogP contribution in [0.15, 0.2) is 35.5 Å². The molecule has 0 saturated heterocycles. The fourth-order valence-corrected chi connectivity index (χ4v) is 4.14. The lowest BCUT2D eigenvalue weighted by molar-refractivity contribution is 0.0553. The van der Waals surface area contributed by atoms with Gasteiger partial charge in [0.2, 0.25) is 0 Å². The van der Waals surface area contributed by atoms with Crippen molar-refractivity contribution in [2.75, 3.05) is 5.32 Å². The molecule has 10 nitrogen and oxygen atoms in total. The number of nitrogens with one attached hydrogen (secondary N) is 2. The van der Waals surface area contributed by atoms with Gasteiger partial charge in [0.05, 0.1) is 6.54 Å². The van der Waals surface area contributed by atoms with E-state index in [-0.39, 0.29) is 45.5 Å². The maximum absolute atomic E-state index is 15.2.